The number of carbonyl (C=O) groups is 1. The molecule has 3 nitrogen and oxygen atoms in total. The third-order valence-corrected chi connectivity index (χ3v) is 3.47. The minimum Gasteiger partial charge on any atom is -0.351 e. The summed E-state index contributed by atoms with van der Waals surface area (Å²) in [5, 5.41) is 3.09. The van der Waals surface area contributed by atoms with E-state index >= 15 is 0 Å². The number of halogens is 1. The molecule has 1 amide bonds. The summed E-state index contributed by atoms with van der Waals surface area (Å²) in [4.78, 5) is 12.3. The summed E-state index contributed by atoms with van der Waals surface area (Å²) in [5.74, 6) is -0.215. The van der Waals surface area contributed by atoms with Crippen molar-refractivity contribution >= 4 is 18.3 Å². The summed E-state index contributed by atoms with van der Waals surface area (Å²) < 4.78 is 0. The van der Waals surface area contributed by atoms with Crippen LogP contribution in [0.2, 0.25) is 0 Å². The third kappa shape index (κ3) is 5.51. The van der Waals surface area contributed by atoms with Crippen molar-refractivity contribution in [3.8, 4) is 0 Å². The van der Waals surface area contributed by atoms with Gasteiger partial charge in [0.25, 0.3) is 0 Å². The fraction of sp³-hybridized carbons (Fsp3) is 0.562. The molecule has 0 radical (unpaired) electrons. The van der Waals surface area contributed by atoms with Gasteiger partial charge >= 0.3 is 0 Å². The summed E-state index contributed by atoms with van der Waals surface area (Å²) in [7, 11) is 0. The summed E-state index contributed by atoms with van der Waals surface area (Å²) >= 11 is 0. The van der Waals surface area contributed by atoms with Gasteiger partial charge in [-0.1, -0.05) is 50.6 Å². The molecule has 0 bridgehead atoms. The normalized spacial score (nSPS) is 14.1. The van der Waals surface area contributed by atoms with Crippen LogP contribution in [0.5, 0.6) is 0 Å². The van der Waals surface area contributed by atoms with Gasteiger partial charge in [0, 0.05) is 11.6 Å². The molecule has 0 fully saturated rings. The van der Waals surface area contributed by atoms with Gasteiger partial charge in [-0.05, 0) is 25.8 Å². The Kier molecular flexibility index (Phi) is 7.84. The van der Waals surface area contributed by atoms with E-state index in [1.165, 1.54) is 0 Å². The predicted octanol–water partition coefficient (Wildman–Crippen LogP) is 3.44. The van der Waals surface area contributed by atoms with Gasteiger partial charge < -0.3 is 11.1 Å². The first kappa shape index (κ1) is 18.9. The Labute approximate surface area is 128 Å². The fourth-order valence-corrected chi connectivity index (χ4v) is 2.26. The Balaban J connectivity index is 0.00000361. The Morgan fingerprint density at radius 3 is 2.35 bits per heavy atom. The molecule has 0 aliphatic heterocycles. The largest absolute Gasteiger partial charge is 0.351 e. The molecule has 0 aliphatic rings. The van der Waals surface area contributed by atoms with E-state index in [4.69, 9.17) is 5.73 Å². The Bertz CT molecular complexity index is 406. The number of rotatable bonds is 6. The lowest BCUT2D eigenvalue weighted by Crippen LogP contribution is -2.47. The minimum atomic E-state index is -0.265. The van der Waals surface area contributed by atoms with Crippen molar-refractivity contribution < 1.29 is 4.79 Å². The standard InChI is InChI=1S/C16H26N2O.ClH/c1-5-11-16(3,4)18-15(19)12(2)14(17)13-9-7-6-8-10-13;/h6-10,12,14H,5,11,17H2,1-4H3,(H,18,19);1H. The van der Waals surface area contributed by atoms with Crippen LogP contribution in [0.15, 0.2) is 30.3 Å². The van der Waals surface area contributed by atoms with Crippen LogP contribution in [-0.4, -0.2) is 11.4 Å². The van der Waals surface area contributed by atoms with E-state index in [2.05, 4.69) is 26.1 Å². The number of nitrogens with two attached hydrogens (primary N) is 1. The molecule has 0 spiro atoms. The Hall–Kier alpha value is -1.06. The SMILES string of the molecule is CCCC(C)(C)NC(=O)C(C)C(N)c1ccccc1.Cl. The number of amides is 1. The zero-order chi connectivity index (χ0) is 14.5. The van der Waals surface area contributed by atoms with Crippen molar-refractivity contribution in [1.82, 2.24) is 5.32 Å². The highest BCUT2D eigenvalue weighted by atomic mass is 35.5. The topological polar surface area (TPSA) is 55.1 Å². The Morgan fingerprint density at radius 2 is 1.85 bits per heavy atom. The van der Waals surface area contributed by atoms with E-state index in [0.29, 0.717) is 0 Å². The van der Waals surface area contributed by atoms with Gasteiger partial charge in [-0.2, -0.15) is 0 Å². The lowest BCUT2D eigenvalue weighted by molar-refractivity contribution is -0.126. The van der Waals surface area contributed by atoms with Gasteiger partial charge in [0.05, 0.1) is 5.92 Å². The van der Waals surface area contributed by atoms with Crippen LogP contribution in [0.3, 0.4) is 0 Å². The predicted molar refractivity (Wildman–Crippen MR) is 86.9 cm³/mol. The molecule has 0 aromatic heterocycles. The monoisotopic (exact) mass is 298 g/mol. The number of benzene rings is 1. The van der Waals surface area contributed by atoms with Gasteiger partial charge in [0.15, 0.2) is 0 Å². The molecular weight excluding hydrogens is 272 g/mol. The molecule has 114 valence electrons. The van der Waals surface area contributed by atoms with Crippen LogP contribution in [0.1, 0.15) is 52.1 Å². The average molecular weight is 299 g/mol. The van der Waals surface area contributed by atoms with E-state index in [9.17, 15) is 4.79 Å². The quantitative estimate of drug-likeness (QED) is 0.845. The summed E-state index contributed by atoms with van der Waals surface area (Å²) in [6, 6.07) is 9.50. The van der Waals surface area contributed by atoms with E-state index in [-0.39, 0.29) is 35.8 Å². The Morgan fingerprint density at radius 1 is 1.30 bits per heavy atom. The molecular formula is C16H27ClN2O. The summed E-state index contributed by atoms with van der Waals surface area (Å²) in [6.45, 7) is 8.10. The molecule has 2 unspecified atom stereocenters. The maximum absolute atomic E-state index is 12.3. The van der Waals surface area contributed by atoms with Gasteiger partial charge in [-0.25, -0.2) is 0 Å². The smallest absolute Gasteiger partial charge is 0.225 e. The second-order valence-corrected chi connectivity index (χ2v) is 5.85. The maximum atomic E-state index is 12.3. The lowest BCUT2D eigenvalue weighted by atomic mass is 9.92. The average Bonchev–Trinajstić information content (AvgIpc) is 2.37. The van der Waals surface area contributed by atoms with Crippen molar-refractivity contribution in [3.05, 3.63) is 35.9 Å². The van der Waals surface area contributed by atoms with Crippen LogP contribution < -0.4 is 11.1 Å². The van der Waals surface area contributed by atoms with Crippen molar-refractivity contribution in [2.24, 2.45) is 11.7 Å². The van der Waals surface area contributed by atoms with Gasteiger partial charge in [0.2, 0.25) is 5.91 Å². The molecule has 0 aliphatic carbocycles. The van der Waals surface area contributed by atoms with Crippen molar-refractivity contribution in [1.29, 1.82) is 0 Å². The van der Waals surface area contributed by atoms with E-state index in [1.807, 2.05) is 37.3 Å². The molecule has 0 saturated heterocycles. The van der Waals surface area contributed by atoms with Gasteiger partial charge in [0.1, 0.15) is 0 Å². The van der Waals surface area contributed by atoms with Gasteiger partial charge in [-0.15, -0.1) is 12.4 Å². The third-order valence-electron chi connectivity index (χ3n) is 3.47. The second-order valence-electron chi connectivity index (χ2n) is 5.85. The van der Waals surface area contributed by atoms with Crippen molar-refractivity contribution in [2.45, 2.75) is 52.1 Å². The first-order chi connectivity index (χ1) is 8.87. The molecule has 1 rings (SSSR count). The van der Waals surface area contributed by atoms with E-state index in [0.717, 1.165) is 18.4 Å². The second kappa shape index (κ2) is 8.28. The van der Waals surface area contributed by atoms with Crippen LogP contribution >= 0.6 is 12.4 Å². The minimum absolute atomic E-state index is 0. The molecule has 20 heavy (non-hydrogen) atoms. The van der Waals surface area contributed by atoms with Gasteiger partial charge in [-0.3, -0.25) is 4.79 Å². The first-order valence-corrected chi connectivity index (χ1v) is 7.00. The molecule has 1 aromatic rings. The van der Waals surface area contributed by atoms with Crippen LogP contribution in [-0.2, 0) is 4.79 Å². The van der Waals surface area contributed by atoms with Crippen molar-refractivity contribution in [3.63, 3.8) is 0 Å². The molecule has 0 heterocycles. The number of nitrogens with one attached hydrogen (secondary N) is 1. The number of hydrogen-bond acceptors (Lipinski definition) is 2. The lowest BCUT2D eigenvalue weighted by Gasteiger charge is -2.29. The van der Waals surface area contributed by atoms with Crippen LogP contribution in [0, 0.1) is 5.92 Å². The van der Waals surface area contributed by atoms with E-state index in [1.54, 1.807) is 0 Å². The van der Waals surface area contributed by atoms with Crippen molar-refractivity contribution in [2.75, 3.05) is 0 Å². The zero-order valence-electron chi connectivity index (χ0n) is 12.8. The molecule has 0 saturated carbocycles. The highest BCUT2D eigenvalue weighted by Gasteiger charge is 2.26. The van der Waals surface area contributed by atoms with E-state index < -0.39 is 0 Å². The zero-order valence-corrected chi connectivity index (χ0v) is 13.7. The highest BCUT2D eigenvalue weighted by Crippen LogP contribution is 2.20. The number of carbonyl (C=O) groups excluding carboxylic acids is 1. The van der Waals surface area contributed by atoms with Crippen LogP contribution in [0.25, 0.3) is 0 Å². The molecule has 4 heteroatoms. The number of hydrogen-bond donors (Lipinski definition) is 2. The summed E-state index contributed by atoms with van der Waals surface area (Å²) in [6.07, 6.45) is 2.01. The van der Waals surface area contributed by atoms with Crippen LogP contribution in [0.4, 0.5) is 0 Å². The highest BCUT2D eigenvalue weighted by molar-refractivity contribution is 5.85. The molecule has 1 aromatic carbocycles. The molecule has 3 N–H and O–H groups in total. The summed E-state index contributed by atoms with van der Waals surface area (Å²) in [5.41, 5.74) is 7.00. The fourth-order valence-electron chi connectivity index (χ4n) is 2.26. The molecule has 2 atom stereocenters. The first-order valence-electron chi connectivity index (χ1n) is 7.00. The maximum Gasteiger partial charge on any atom is 0.225 e.